The second-order valence-corrected chi connectivity index (χ2v) is 7.87. The Hall–Kier alpha value is -3.47. The van der Waals surface area contributed by atoms with E-state index in [1.807, 2.05) is 24.3 Å². The Morgan fingerprint density at radius 3 is 2.45 bits per heavy atom. The lowest BCUT2D eigenvalue weighted by Gasteiger charge is -2.11. The van der Waals surface area contributed by atoms with Crippen molar-refractivity contribution >= 4 is 17.1 Å². The van der Waals surface area contributed by atoms with Crippen LogP contribution in [0.25, 0.3) is 22.3 Å². The number of hydrogen-bond acceptors (Lipinski definition) is 3. The molecule has 5 heteroatoms. The van der Waals surface area contributed by atoms with Crippen molar-refractivity contribution in [3.8, 4) is 11.1 Å². The smallest absolute Gasteiger partial charge is 0.336 e. The Morgan fingerprint density at radius 2 is 1.77 bits per heavy atom. The van der Waals surface area contributed by atoms with Crippen LogP contribution in [-0.2, 0) is 19.4 Å². The predicted octanol–water partition coefficient (Wildman–Crippen LogP) is 5.67. The van der Waals surface area contributed by atoms with Crippen LogP contribution in [-0.4, -0.2) is 25.6 Å². The Morgan fingerprint density at radius 1 is 1.03 bits per heavy atom. The molecule has 0 bridgehead atoms. The molecule has 31 heavy (non-hydrogen) atoms. The zero-order valence-corrected chi connectivity index (χ0v) is 18.2. The van der Waals surface area contributed by atoms with Crippen molar-refractivity contribution in [3.05, 3.63) is 82.8 Å². The molecule has 2 aromatic carbocycles. The van der Waals surface area contributed by atoms with Crippen LogP contribution in [0.1, 0.15) is 53.3 Å². The summed E-state index contributed by atoms with van der Waals surface area (Å²) < 4.78 is 2.23. The summed E-state index contributed by atoms with van der Waals surface area (Å²) >= 11 is 0. The topological polar surface area (TPSA) is 68.0 Å². The lowest BCUT2D eigenvalue weighted by molar-refractivity contribution is 0.0697. The number of imidazole rings is 1. The summed E-state index contributed by atoms with van der Waals surface area (Å²) in [6, 6.07) is 17.3. The average Bonchev–Trinajstić information content (AvgIpc) is 3.12. The molecule has 0 spiro atoms. The van der Waals surface area contributed by atoms with Gasteiger partial charge in [0.15, 0.2) is 5.65 Å². The van der Waals surface area contributed by atoms with Gasteiger partial charge in [-0.25, -0.2) is 14.8 Å². The van der Waals surface area contributed by atoms with E-state index in [9.17, 15) is 9.90 Å². The minimum atomic E-state index is -0.915. The minimum Gasteiger partial charge on any atom is -0.478 e. The van der Waals surface area contributed by atoms with Crippen molar-refractivity contribution in [2.75, 3.05) is 0 Å². The van der Waals surface area contributed by atoms with Gasteiger partial charge in [0.25, 0.3) is 0 Å². The van der Waals surface area contributed by atoms with Gasteiger partial charge in [0.2, 0.25) is 0 Å². The lowest BCUT2D eigenvalue weighted by Crippen LogP contribution is -2.06. The van der Waals surface area contributed by atoms with Crippen molar-refractivity contribution in [2.24, 2.45) is 0 Å². The molecule has 2 aromatic heterocycles. The number of carboxylic acid groups (broad SMARTS) is 1. The molecule has 1 N–H and O–H groups in total. The number of carboxylic acids is 1. The van der Waals surface area contributed by atoms with Gasteiger partial charge in [-0.3, -0.25) is 0 Å². The number of fused-ring (bicyclic) bond motifs is 1. The molecule has 0 radical (unpaired) electrons. The molecule has 0 atom stereocenters. The van der Waals surface area contributed by atoms with Crippen molar-refractivity contribution in [2.45, 2.75) is 46.6 Å². The third kappa shape index (κ3) is 4.08. The Kier molecular flexibility index (Phi) is 5.85. The molecule has 4 rings (SSSR count). The van der Waals surface area contributed by atoms with Gasteiger partial charge in [-0.2, -0.15) is 0 Å². The van der Waals surface area contributed by atoms with E-state index in [1.165, 1.54) is 5.56 Å². The first-order valence-electron chi connectivity index (χ1n) is 10.8. The van der Waals surface area contributed by atoms with E-state index < -0.39 is 5.97 Å². The summed E-state index contributed by atoms with van der Waals surface area (Å²) in [4.78, 5) is 21.3. The number of hydrogen-bond donors (Lipinski definition) is 1. The molecule has 0 aliphatic heterocycles. The Balaban J connectivity index is 1.72. The van der Waals surface area contributed by atoms with E-state index in [2.05, 4.69) is 43.5 Å². The number of pyridine rings is 1. The molecule has 0 aliphatic rings. The summed E-state index contributed by atoms with van der Waals surface area (Å²) in [5.74, 6) is 0.142. The van der Waals surface area contributed by atoms with E-state index >= 15 is 0 Å². The molecular formula is C26H27N3O2. The number of rotatable bonds is 7. The maximum Gasteiger partial charge on any atom is 0.336 e. The standard InChI is InChI=1S/C26H27N3O2/c1-4-8-23-28-24-17(3)15-20(5-2)27-25(24)29(23)16-18-11-13-19(14-12-18)21-9-6-7-10-22(21)26(30)31/h6-7,9-15H,4-5,8,16H2,1-3H3,(H,30,31). The fraction of sp³-hybridized carbons (Fsp3) is 0.269. The van der Waals surface area contributed by atoms with Crippen LogP contribution < -0.4 is 0 Å². The summed E-state index contributed by atoms with van der Waals surface area (Å²) in [5, 5.41) is 9.48. The second kappa shape index (κ2) is 8.72. The van der Waals surface area contributed by atoms with Gasteiger partial charge in [-0.15, -0.1) is 0 Å². The first kappa shape index (κ1) is 20.8. The van der Waals surface area contributed by atoms with Crippen LogP contribution in [0.15, 0.2) is 54.6 Å². The molecular weight excluding hydrogens is 386 g/mol. The Labute approximate surface area is 182 Å². The highest BCUT2D eigenvalue weighted by Crippen LogP contribution is 2.26. The zero-order valence-electron chi connectivity index (χ0n) is 18.2. The van der Waals surface area contributed by atoms with Crippen molar-refractivity contribution < 1.29 is 9.90 Å². The third-order valence-corrected chi connectivity index (χ3v) is 5.62. The first-order chi connectivity index (χ1) is 15.0. The van der Waals surface area contributed by atoms with Gasteiger partial charge in [-0.05, 0) is 54.2 Å². The first-order valence-corrected chi connectivity index (χ1v) is 10.8. The minimum absolute atomic E-state index is 0.313. The molecule has 0 fully saturated rings. The highest BCUT2D eigenvalue weighted by Gasteiger charge is 2.15. The summed E-state index contributed by atoms with van der Waals surface area (Å²) in [7, 11) is 0. The largest absolute Gasteiger partial charge is 0.478 e. The number of aromatic nitrogens is 3. The van der Waals surface area contributed by atoms with Crippen LogP contribution in [0.5, 0.6) is 0 Å². The summed E-state index contributed by atoms with van der Waals surface area (Å²) in [6.45, 7) is 7.07. The second-order valence-electron chi connectivity index (χ2n) is 7.87. The van der Waals surface area contributed by atoms with Crippen LogP contribution in [0, 0.1) is 6.92 Å². The van der Waals surface area contributed by atoms with Crippen molar-refractivity contribution in [3.63, 3.8) is 0 Å². The molecule has 4 aromatic rings. The molecule has 0 amide bonds. The Bertz CT molecular complexity index is 1240. The monoisotopic (exact) mass is 413 g/mol. The molecule has 158 valence electrons. The number of aromatic carboxylic acids is 1. The highest BCUT2D eigenvalue weighted by molar-refractivity contribution is 5.96. The number of nitrogens with zero attached hydrogens (tertiary/aromatic N) is 3. The van der Waals surface area contributed by atoms with Crippen LogP contribution >= 0.6 is 0 Å². The van der Waals surface area contributed by atoms with E-state index in [1.54, 1.807) is 12.1 Å². The maximum absolute atomic E-state index is 11.6. The van der Waals surface area contributed by atoms with Crippen LogP contribution in [0.4, 0.5) is 0 Å². The van der Waals surface area contributed by atoms with Gasteiger partial charge in [-0.1, -0.05) is 56.3 Å². The van der Waals surface area contributed by atoms with E-state index in [-0.39, 0.29) is 0 Å². The fourth-order valence-corrected chi connectivity index (χ4v) is 4.01. The summed E-state index contributed by atoms with van der Waals surface area (Å²) in [5.41, 5.74) is 7.24. The number of aryl methyl sites for hydroxylation is 3. The van der Waals surface area contributed by atoms with Gasteiger partial charge >= 0.3 is 5.97 Å². The van der Waals surface area contributed by atoms with Gasteiger partial charge in [0.1, 0.15) is 11.3 Å². The SMILES string of the molecule is CCCc1nc2c(C)cc(CC)nc2n1Cc1ccc(-c2ccccc2C(=O)O)cc1. The highest BCUT2D eigenvalue weighted by atomic mass is 16.4. The molecule has 0 saturated heterocycles. The number of benzene rings is 2. The zero-order chi connectivity index (χ0) is 22.0. The van der Waals surface area contributed by atoms with E-state index in [0.29, 0.717) is 12.1 Å². The molecule has 0 aliphatic carbocycles. The number of carbonyl (C=O) groups is 1. The quantitative estimate of drug-likeness (QED) is 0.424. The predicted molar refractivity (Wildman–Crippen MR) is 124 cm³/mol. The molecule has 0 saturated carbocycles. The van der Waals surface area contributed by atoms with E-state index in [4.69, 9.17) is 9.97 Å². The maximum atomic E-state index is 11.6. The van der Waals surface area contributed by atoms with Gasteiger partial charge in [0.05, 0.1) is 12.1 Å². The molecule has 2 heterocycles. The fourth-order valence-electron chi connectivity index (χ4n) is 4.01. The van der Waals surface area contributed by atoms with Crippen LogP contribution in [0.2, 0.25) is 0 Å². The average molecular weight is 414 g/mol. The summed E-state index contributed by atoms with van der Waals surface area (Å²) in [6.07, 6.45) is 2.82. The normalized spacial score (nSPS) is 11.2. The lowest BCUT2D eigenvalue weighted by atomic mass is 9.99. The van der Waals surface area contributed by atoms with Gasteiger partial charge < -0.3 is 9.67 Å². The van der Waals surface area contributed by atoms with Gasteiger partial charge in [0, 0.05) is 12.1 Å². The van der Waals surface area contributed by atoms with Crippen molar-refractivity contribution in [1.29, 1.82) is 0 Å². The van der Waals surface area contributed by atoms with Crippen LogP contribution in [0.3, 0.4) is 0 Å². The molecule has 5 nitrogen and oxygen atoms in total. The van der Waals surface area contributed by atoms with Crippen molar-refractivity contribution in [1.82, 2.24) is 14.5 Å². The molecule has 0 unspecified atom stereocenters. The van der Waals surface area contributed by atoms with E-state index in [0.717, 1.165) is 58.6 Å². The third-order valence-electron chi connectivity index (χ3n) is 5.62.